The Bertz CT molecular complexity index is 384. The van der Waals surface area contributed by atoms with Gasteiger partial charge in [0.1, 0.15) is 0 Å². The molecule has 0 aliphatic heterocycles. The number of esters is 1. The maximum Gasteiger partial charge on any atom is 0.330 e. The molecule has 0 N–H and O–H groups in total. The van der Waals surface area contributed by atoms with Crippen LogP contribution in [-0.4, -0.2) is 17.6 Å². The van der Waals surface area contributed by atoms with Gasteiger partial charge in [0.15, 0.2) is 9.84 Å². The molecule has 1 heterocycles. The quantitative estimate of drug-likeness (QED) is 0.365. The molecule has 0 radical (unpaired) electrons. The molecule has 1 aromatic heterocycles. The summed E-state index contributed by atoms with van der Waals surface area (Å²) in [6, 6.07) is 0. The van der Waals surface area contributed by atoms with Crippen molar-refractivity contribution in [2.45, 2.75) is 50.8 Å². The summed E-state index contributed by atoms with van der Waals surface area (Å²) in [5.41, 5.74) is 0.463. The van der Waals surface area contributed by atoms with E-state index < -0.39 is 11.3 Å². The van der Waals surface area contributed by atoms with Crippen LogP contribution in [0.1, 0.15) is 56.5 Å². The summed E-state index contributed by atoms with van der Waals surface area (Å²) >= 11 is 12.9. The average Bonchev–Trinajstić information content (AvgIpc) is 2.83. The minimum Gasteiger partial charge on any atom is -0.464 e. The molecule has 1 rings (SSSR count). The number of rotatable bonds is 9. The number of unbranched alkanes of at least 4 members (excludes halogenated alkanes) is 5. The first-order chi connectivity index (χ1) is 9.15. The predicted octanol–water partition coefficient (Wildman–Crippen LogP) is 4.98. The zero-order valence-electron chi connectivity index (χ0n) is 11.0. The van der Waals surface area contributed by atoms with Crippen LogP contribution in [0.25, 0.3) is 0 Å². The lowest BCUT2D eigenvalue weighted by Gasteiger charge is -2.07. The van der Waals surface area contributed by atoms with Gasteiger partial charge in [0.25, 0.3) is 0 Å². The van der Waals surface area contributed by atoms with Gasteiger partial charge in [-0.15, -0.1) is 22.9 Å². The first-order valence-electron chi connectivity index (χ1n) is 6.56. The number of aromatic nitrogens is 1. The maximum atomic E-state index is 11.7. The zero-order chi connectivity index (χ0) is 14.1. The van der Waals surface area contributed by atoms with E-state index >= 15 is 0 Å². The summed E-state index contributed by atoms with van der Waals surface area (Å²) in [5.74, 6) is -0.447. The molecule has 1 atom stereocenters. The lowest BCUT2D eigenvalue weighted by Crippen LogP contribution is -2.12. The van der Waals surface area contributed by atoms with Gasteiger partial charge in [0, 0.05) is 5.38 Å². The van der Waals surface area contributed by atoms with E-state index in [2.05, 4.69) is 11.9 Å². The van der Waals surface area contributed by atoms with Crippen molar-refractivity contribution in [3.8, 4) is 0 Å². The highest BCUT2D eigenvalue weighted by molar-refractivity contribution is 7.14. The molecule has 1 aromatic rings. The Morgan fingerprint density at radius 1 is 1.37 bits per heavy atom. The Labute approximate surface area is 128 Å². The first kappa shape index (κ1) is 16.7. The van der Waals surface area contributed by atoms with E-state index in [-0.39, 0.29) is 0 Å². The minimum absolute atomic E-state index is 0.379. The van der Waals surface area contributed by atoms with Crippen molar-refractivity contribution >= 4 is 40.5 Å². The highest BCUT2D eigenvalue weighted by Gasteiger charge is 2.21. The van der Waals surface area contributed by atoms with Crippen LogP contribution in [0.2, 0.25) is 4.47 Å². The summed E-state index contributed by atoms with van der Waals surface area (Å²) < 4.78 is 5.50. The van der Waals surface area contributed by atoms with E-state index in [4.69, 9.17) is 27.9 Å². The molecule has 0 aromatic carbocycles. The minimum atomic E-state index is -0.858. The van der Waals surface area contributed by atoms with Crippen molar-refractivity contribution in [2.24, 2.45) is 0 Å². The van der Waals surface area contributed by atoms with Gasteiger partial charge in [-0.2, -0.15) is 0 Å². The number of ether oxygens (including phenoxy) is 1. The second-order valence-electron chi connectivity index (χ2n) is 4.32. The molecule has 3 nitrogen and oxygen atoms in total. The highest BCUT2D eigenvalue weighted by Crippen LogP contribution is 2.26. The topological polar surface area (TPSA) is 39.2 Å². The largest absolute Gasteiger partial charge is 0.464 e. The molecule has 0 fully saturated rings. The summed E-state index contributed by atoms with van der Waals surface area (Å²) in [6.07, 6.45) is 6.92. The van der Waals surface area contributed by atoms with Gasteiger partial charge in [-0.05, 0) is 6.42 Å². The fourth-order valence-corrected chi connectivity index (χ4v) is 2.67. The van der Waals surface area contributed by atoms with Gasteiger partial charge >= 0.3 is 5.97 Å². The maximum absolute atomic E-state index is 11.7. The molecule has 0 amide bonds. The van der Waals surface area contributed by atoms with E-state index in [1.54, 1.807) is 5.38 Å². The smallest absolute Gasteiger partial charge is 0.330 e. The van der Waals surface area contributed by atoms with E-state index in [1.165, 1.54) is 37.0 Å². The van der Waals surface area contributed by atoms with Crippen LogP contribution in [0, 0.1) is 0 Å². The number of alkyl halides is 1. The number of thiazole rings is 1. The Morgan fingerprint density at radius 2 is 2.05 bits per heavy atom. The van der Waals surface area contributed by atoms with E-state index in [1.807, 2.05) is 0 Å². The highest BCUT2D eigenvalue weighted by atomic mass is 35.5. The van der Waals surface area contributed by atoms with Crippen LogP contribution < -0.4 is 0 Å². The Hall–Kier alpha value is -0.320. The van der Waals surface area contributed by atoms with E-state index in [0.29, 0.717) is 16.8 Å². The molecule has 6 heteroatoms. The SMILES string of the molecule is CCCCCCCCOC(=O)C(Cl)c1csc(Cl)n1. The van der Waals surface area contributed by atoms with Crippen molar-refractivity contribution in [2.75, 3.05) is 6.61 Å². The lowest BCUT2D eigenvalue weighted by molar-refractivity contribution is -0.143. The Kier molecular flexibility index (Phi) is 8.42. The molecule has 0 aliphatic carbocycles. The van der Waals surface area contributed by atoms with Crippen molar-refractivity contribution in [1.29, 1.82) is 0 Å². The van der Waals surface area contributed by atoms with Crippen LogP contribution in [-0.2, 0) is 9.53 Å². The van der Waals surface area contributed by atoms with Crippen molar-refractivity contribution in [3.63, 3.8) is 0 Å². The normalized spacial score (nSPS) is 12.4. The molecule has 0 bridgehead atoms. The third-order valence-electron chi connectivity index (χ3n) is 2.70. The molecule has 0 aliphatic rings. The zero-order valence-corrected chi connectivity index (χ0v) is 13.4. The predicted molar refractivity (Wildman–Crippen MR) is 80.1 cm³/mol. The fourth-order valence-electron chi connectivity index (χ4n) is 1.63. The van der Waals surface area contributed by atoms with Crippen molar-refractivity contribution in [3.05, 3.63) is 15.5 Å². The molecule has 0 saturated heterocycles. The van der Waals surface area contributed by atoms with E-state index in [0.717, 1.165) is 12.8 Å². The van der Waals surface area contributed by atoms with Gasteiger partial charge < -0.3 is 4.74 Å². The lowest BCUT2D eigenvalue weighted by atomic mass is 10.1. The summed E-state index contributed by atoms with van der Waals surface area (Å²) in [4.78, 5) is 15.6. The number of carbonyl (C=O) groups excluding carboxylic acids is 1. The molecule has 0 saturated carbocycles. The first-order valence-corrected chi connectivity index (χ1v) is 8.26. The van der Waals surface area contributed by atoms with Gasteiger partial charge in [0.05, 0.1) is 12.3 Å². The summed E-state index contributed by atoms with van der Waals surface area (Å²) in [6.45, 7) is 2.61. The Balaban J connectivity index is 2.14. The molecule has 19 heavy (non-hydrogen) atoms. The molecular weight excluding hydrogens is 305 g/mol. The second-order valence-corrected chi connectivity index (χ2v) is 6.20. The number of carbonyl (C=O) groups is 1. The number of halogens is 2. The number of hydrogen-bond acceptors (Lipinski definition) is 4. The second kappa shape index (κ2) is 9.56. The van der Waals surface area contributed by atoms with Crippen molar-refractivity contribution < 1.29 is 9.53 Å². The molecule has 0 spiro atoms. The standard InChI is InChI=1S/C13H19Cl2NO2S/c1-2-3-4-5-6-7-8-18-12(17)11(14)10-9-19-13(15)16-10/h9,11H,2-8H2,1H3. The molecular formula is C13H19Cl2NO2S. The van der Waals surface area contributed by atoms with E-state index in [9.17, 15) is 4.79 Å². The Morgan fingerprint density at radius 3 is 2.68 bits per heavy atom. The summed E-state index contributed by atoms with van der Waals surface area (Å²) in [7, 11) is 0. The monoisotopic (exact) mass is 323 g/mol. The van der Waals surface area contributed by atoms with Crippen LogP contribution in [0.4, 0.5) is 0 Å². The average molecular weight is 324 g/mol. The third-order valence-corrected chi connectivity index (χ3v) is 4.10. The van der Waals surface area contributed by atoms with Crippen molar-refractivity contribution in [1.82, 2.24) is 4.98 Å². The van der Waals surface area contributed by atoms with Crippen LogP contribution in [0.15, 0.2) is 5.38 Å². The summed E-state index contributed by atoms with van der Waals surface area (Å²) in [5, 5.41) is 0.815. The van der Waals surface area contributed by atoms with Gasteiger partial charge in [-0.25, -0.2) is 4.98 Å². The van der Waals surface area contributed by atoms with Gasteiger partial charge in [-0.1, -0.05) is 50.6 Å². The number of hydrogen-bond donors (Lipinski definition) is 0. The number of nitrogens with zero attached hydrogens (tertiary/aromatic N) is 1. The molecule has 108 valence electrons. The van der Waals surface area contributed by atoms with Crippen LogP contribution >= 0.6 is 34.5 Å². The van der Waals surface area contributed by atoms with Gasteiger partial charge in [-0.3, -0.25) is 4.79 Å². The third kappa shape index (κ3) is 6.59. The molecule has 1 unspecified atom stereocenters. The fraction of sp³-hybridized carbons (Fsp3) is 0.692. The van der Waals surface area contributed by atoms with Crippen LogP contribution in [0.5, 0.6) is 0 Å². The van der Waals surface area contributed by atoms with Crippen LogP contribution in [0.3, 0.4) is 0 Å². The van der Waals surface area contributed by atoms with Gasteiger partial charge in [0.2, 0.25) is 0 Å².